The van der Waals surface area contributed by atoms with Crippen LogP contribution in [0.25, 0.3) is 0 Å². The highest BCUT2D eigenvalue weighted by atomic mass is 16.5. The first-order chi connectivity index (χ1) is 13.2. The van der Waals surface area contributed by atoms with Crippen LogP contribution < -0.4 is 25.4 Å². The lowest BCUT2D eigenvalue weighted by Crippen LogP contribution is -2.51. The summed E-state index contributed by atoms with van der Waals surface area (Å²) in [4.78, 5) is 26.3. The average molecular weight is 393 g/mol. The molecule has 0 saturated carbocycles. The molecule has 0 aliphatic carbocycles. The van der Waals surface area contributed by atoms with Gasteiger partial charge in [0.05, 0.1) is 14.2 Å². The predicted molar refractivity (Wildman–Crippen MR) is 109 cm³/mol. The first-order valence-electron chi connectivity index (χ1n) is 9.55. The van der Waals surface area contributed by atoms with Crippen LogP contribution in [0.5, 0.6) is 11.5 Å². The third-order valence-corrected chi connectivity index (χ3v) is 4.54. The van der Waals surface area contributed by atoms with E-state index in [1.165, 1.54) is 0 Å². The lowest BCUT2D eigenvalue weighted by atomic mass is 9.97. The van der Waals surface area contributed by atoms with E-state index in [2.05, 4.69) is 16.0 Å². The molecule has 2 rings (SSSR count). The van der Waals surface area contributed by atoms with Gasteiger partial charge >= 0.3 is 12.1 Å². The van der Waals surface area contributed by atoms with Gasteiger partial charge in [0.2, 0.25) is 0 Å². The number of benzene rings is 1. The molecule has 1 fully saturated rings. The number of hydrogen-bond donors (Lipinski definition) is 3. The molecule has 0 radical (unpaired) electrons. The zero-order chi connectivity index (χ0) is 20.7. The quantitative estimate of drug-likeness (QED) is 0.718. The lowest BCUT2D eigenvalue weighted by Gasteiger charge is -2.34. The minimum atomic E-state index is -0.275. The number of ether oxygens (including phenoxy) is 2. The molecule has 1 aliphatic heterocycles. The van der Waals surface area contributed by atoms with Crippen LogP contribution in [0.2, 0.25) is 0 Å². The number of anilines is 1. The summed E-state index contributed by atoms with van der Waals surface area (Å²) in [5.74, 6) is 1.57. The van der Waals surface area contributed by atoms with E-state index in [0.717, 1.165) is 12.8 Å². The van der Waals surface area contributed by atoms with Crippen LogP contribution >= 0.6 is 0 Å². The van der Waals surface area contributed by atoms with Crippen molar-refractivity contribution in [3.05, 3.63) is 18.2 Å². The summed E-state index contributed by atoms with van der Waals surface area (Å²) < 4.78 is 10.4. The fourth-order valence-electron chi connectivity index (χ4n) is 3.03. The van der Waals surface area contributed by atoms with Crippen LogP contribution in [0.3, 0.4) is 0 Å². The number of nitrogens with zero attached hydrogens (tertiary/aromatic N) is 1. The molecule has 0 aromatic heterocycles. The van der Waals surface area contributed by atoms with Gasteiger partial charge in [0.15, 0.2) is 0 Å². The molecule has 0 spiro atoms. The second kappa shape index (κ2) is 9.52. The van der Waals surface area contributed by atoms with Crippen LogP contribution in [0.4, 0.5) is 15.3 Å². The molecular weight excluding hydrogens is 360 g/mol. The Balaban J connectivity index is 1.76. The monoisotopic (exact) mass is 392 g/mol. The van der Waals surface area contributed by atoms with Gasteiger partial charge in [-0.2, -0.15) is 0 Å². The predicted octanol–water partition coefficient (Wildman–Crippen LogP) is 3.05. The molecule has 8 heteroatoms. The number of rotatable bonds is 5. The molecule has 8 nitrogen and oxygen atoms in total. The Morgan fingerprint density at radius 3 is 2.14 bits per heavy atom. The summed E-state index contributed by atoms with van der Waals surface area (Å²) >= 11 is 0. The van der Waals surface area contributed by atoms with E-state index in [1.54, 1.807) is 32.4 Å². The van der Waals surface area contributed by atoms with Crippen molar-refractivity contribution in [2.24, 2.45) is 5.92 Å². The van der Waals surface area contributed by atoms with Gasteiger partial charge in [0.25, 0.3) is 0 Å². The molecule has 4 amide bonds. The number of urea groups is 2. The number of likely N-dealkylation sites (tertiary alicyclic amines) is 1. The van der Waals surface area contributed by atoms with Crippen molar-refractivity contribution in [3.63, 3.8) is 0 Å². The van der Waals surface area contributed by atoms with Crippen molar-refractivity contribution in [1.29, 1.82) is 0 Å². The van der Waals surface area contributed by atoms with Crippen LogP contribution in [0.1, 0.15) is 33.6 Å². The molecule has 3 N–H and O–H groups in total. The molecule has 1 aromatic rings. The number of piperidine rings is 1. The summed E-state index contributed by atoms with van der Waals surface area (Å²) in [6.07, 6.45) is 1.73. The Bertz CT molecular complexity index is 657. The van der Waals surface area contributed by atoms with Gasteiger partial charge in [-0.25, -0.2) is 9.59 Å². The summed E-state index contributed by atoms with van der Waals surface area (Å²) in [7, 11) is 3.12. The lowest BCUT2D eigenvalue weighted by molar-refractivity contribution is 0.162. The number of methoxy groups -OCH3 is 2. The molecular formula is C20H32N4O4. The summed E-state index contributed by atoms with van der Waals surface area (Å²) in [6, 6.07) is 4.90. The Morgan fingerprint density at radius 1 is 1.07 bits per heavy atom. The molecule has 0 atom stereocenters. The number of carbonyl (C=O) groups is 2. The van der Waals surface area contributed by atoms with Crippen LogP contribution in [-0.2, 0) is 0 Å². The molecule has 1 heterocycles. The van der Waals surface area contributed by atoms with E-state index in [1.807, 2.05) is 25.7 Å². The van der Waals surface area contributed by atoms with Gasteiger partial charge < -0.3 is 30.3 Å². The fraction of sp³-hybridized carbons (Fsp3) is 0.600. The van der Waals surface area contributed by atoms with E-state index in [0.29, 0.717) is 42.7 Å². The van der Waals surface area contributed by atoms with Gasteiger partial charge in [-0.3, -0.25) is 0 Å². The van der Waals surface area contributed by atoms with Gasteiger partial charge in [-0.15, -0.1) is 0 Å². The summed E-state index contributed by atoms with van der Waals surface area (Å²) in [6.45, 7) is 7.88. The van der Waals surface area contributed by atoms with Gasteiger partial charge in [0.1, 0.15) is 11.5 Å². The molecule has 1 saturated heterocycles. The molecule has 1 aliphatic rings. The van der Waals surface area contributed by atoms with E-state index < -0.39 is 0 Å². The smallest absolute Gasteiger partial charge is 0.319 e. The second-order valence-electron chi connectivity index (χ2n) is 8.05. The number of amides is 4. The minimum Gasteiger partial charge on any atom is -0.497 e. The topological polar surface area (TPSA) is 91.9 Å². The molecule has 156 valence electrons. The number of hydrogen-bond acceptors (Lipinski definition) is 4. The standard InChI is InChI=1S/C20H32N4O4/c1-20(2,3)23-19(26)24-8-6-14(7-9-24)13-21-18(25)22-15-10-16(27-4)12-17(11-15)28-5/h10-12,14H,6-9,13H2,1-5H3,(H,23,26)(H2,21,22,25). The third-order valence-electron chi connectivity index (χ3n) is 4.54. The third kappa shape index (κ3) is 6.83. The normalized spacial score (nSPS) is 15.0. The van der Waals surface area contributed by atoms with Crippen molar-refractivity contribution in [2.45, 2.75) is 39.2 Å². The molecule has 1 aromatic carbocycles. The maximum Gasteiger partial charge on any atom is 0.319 e. The highest BCUT2D eigenvalue weighted by Crippen LogP contribution is 2.25. The molecule has 0 unspecified atom stereocenters. The van der Waals surface area contributed by atoms with Crippen LogP contribution in [0.15, 0.2) is 18.2 Å². The van der Waals surface area contributed by atoms with E-state index in [4.69, 9.17) is 9.47 Å². The van der Waals surface area contributed by atoms with Crippen molar-refractivity contribution >= 4 is 17.7 Å². The Labute approximate surface area is 166 Å². The van der Waals surface area contributed by atoms with Crippen molar-refractivity contribution in [2.75, 3.05) is 39.2 Å². The Kier molecular flexibility index (Phi) is 7.37. The minimum absolute atomic E-state index is 0.0244. The molecule has 0 bridgehead atoms. The maximum atomic E-state index is 12.2. The number of carbonyl (C=O) groups excluding carboxylic acids is 2. The van der Waals surface area contributed by atoms with Crippen molar-refractivity contribution in [1.82, 2.24) is 15.5 Å². The zero-order valence-corrected chi connectivity index (χ0v) is 17.4. The first kappa shape index (κ1) is 21.7. The largest absolute Gasteiger partial charge is 0.497 e. The van der Waals surface area contributed by atoms with Crippen LogP contribution in [-0.4, -0.2) is 56.4 Å². The van der Waals surface area contributed by atoms with E-state index in [-0.39, 0.29) is 17.6 Å². The first-order valence-corrected chi connectivity index (χ1v) is 9.55. The highest BCUT2D eigenvalue weighted by Gasteiger charge is 2.25. The summed E-state index contributed by atoms with van der Waals surface area (Å²) in [5, 5.41) is 8.69. The highest BCUT2D eigenvalue weighted by molar-refractivity contribution is 5.89. The van der Waals surface area contributed by atoms with Gasteiger partial charge in [-0.1, -0.05) is 0 Å². The van der Waals surface area contributed by atoms with Crippen molar-refractivity contribution in [3.8, 4) is 11.5 Å². The Hall–Kier alpha value is -2.64. The van der Waals surface area contributed by atoms with Crippen LogP contribution in [0, 0.1) is 5.92 Å². The van der Waals surface area contributed by atoms with Gasteiger partial charge in [-0.05, 0) is 39.5 Å². The molecule has 28 heavy (non-hydrogen) atoms. The van der Waals surface area contributed by atoms with E-state index >= 15 is 0 Å². The maximum absolute atomic E-state index is 12.2. The van der Waals surface area contributed by atoms with Gasteiger partial charge in [0, 0.05) is 49.1 Å². The zero-order valence-electron chi connectivity index (χ0n) is 17.4. The SMILES string of the molecule is COc1cc(NC(=O)NCC2CCN(C(=O)NC(C)(C)C)CC2)cc(OC)c1. The summed E-state index contributed by atoms with van der Waals surface area (Å²) in [5.41, 5.74) is 0.360. The average Bonchev–Trinajstić information content (AvgIpc) is 2.65. The Morgan fingerprint density at radius 2 is 1.64 bits per heavy atom. The van der Waals surface area contributed by atoms with E-state index in [9.17, 15) is 9.59 Å². The fourth-order valence-corrected chi connectivity index (χ4v) is 3.03. The number of nitrogens with one attached hydrogen (secondary N) is 3. The van der Waals surface area contributed by atoms with Crippen molar-refractivity contribution < 1.29 is 19.1 Å². The second-order valence-corrected chi connectivity index (χ2v) is 8.05.